The number of alkyl halides is 3. The molecule has 28 heavy (non-hydrogen) atoms. The summed E-state index contributed by atoms with van der Waals surface area (Å²) in [4.78, 5) is 12.4. The van der Waals surface area contributed by atoms with Crippen LogP contribution in [0.1, 0.15) is 29.9 Å². The molecule has 0 spiro atoms. The molecule has 3 rings (SSSR count). The van der Waals surface area contributed by atoms with Gasteiger partial charge in [-0.15, -0.1) is 0 Å². The van der Waals surface area contributed by atoms with Gasteiger partial charge in [-0.2, -0.15) is 18.3 Å². The first-order valence-corrected chi connectivity index (χ1v) is 9.29. The second-order valence-electron chi connectivity index (χ2n) is 6.38. The van der Waals surface area contributed by atoms with Gasteiger partial charge >= 0.3 is 6.18 Å². The maximum Gasteiger partial charge on any atom is 0.436 e. The van der Waals surface area contributed by atoms with Crippen LogP contribution in [0, 0.1) is 6.92 Å². The molecule has 1 amide bonds. The third kappa shape index (κ3) is 4.30. The Morgan fingerprint density at radius 1 is 1.25 bits per heavy atom. The molecule has 0 radical (unpaired) electrons. The maximum atomic E-state index is 13.0. The fourth-order valence-electron chi connectivity index (χ4n) is 2.83. The summed E-state index contributed by atoms with van der Waals surface area (Å²) in [6, 6.07) is 11.2. The van der Waals surface area contributed by atoms with E-state index in [1.54, 1.807) is 0 Å². The average Bonchev–Trinajstić information content (AvgIpc) is 3.26. The van der Waals surface area contributed by atoms with Crippen molar-refractivity contribution in [2.24, 2.45) is 0 Å². The number of carbonyl (C=O) groups excluding carboxylic acids is 1. The van der Waals surface area contributed by atoms with Gasteiger partial charge in [0.15, 0.2) is 5.69 Å². The first kappa shape index (κ1) is 20.2. The molecule has 9 heteroatoms. The number of aromatic nitrogens is 3. The number of nitrogens with one attached hydrogen (secondary N) is 1. The van der Waals surface area contributed by atoms with Crippen molar-refractivity contribution >= 4 is 21.8 Å². The summed E-state index contributed by atoms with van der Waals surface area (Å²) in [6.45, 7) is 2.99. The molecule has 1 aromatic carbocycles. The number of carbonyl (C=O) groups is 1. The lowest BCUT2D eigenvalue weighted by molar-refractivity contribution is -0.142. The van der Waals surface area contributed by atoms with E-state index in [2.05, 4.69) is 26.3 Å². The highest BCUT2D eigenvalue weighted by Gasteiger charge is 2.38. The Morgan fingerprint density at radius 3 is 2.54 bits per heavy atom. The highest BCUT2D eigenvalue weighted by molar-refractivity contribution is 9.10. The molecule has 1 unspecified atom stereocenters. The number of nitrogens with zero attached hydrogens (tertiary/aromatic N) is 3. The summed E-state index contributed by atoms with van der Waals surface area (Å²) < 4.78 is 41.7. The molecular weight excluding hydrogens is 437 g/mol. The molecule has 0 saturated carbocycles. The molecule has 2 aromatic heterocycles. The van der Waals surface area contributed by atoms with E-state index in [0.29, 0.717) is 0 Å². The zero-order valence-electron chi connectivity index (χ0n) is 15.2. The van der Waals surface area contributed by atoms with Crippen molar-refractivity contribution in [3.63, 3.8) is 0 Å². The maximum absolute atomic E-state index is 13.0. The smallest absolute Gasteiger partial charge is 0.348 e. The van der Waals surface area contributed by atoms with Crippen molar-refractivity contribution in [2.45, 2.75) is 32.6 Å². The molecule has 0 fully saturated rings. The molecule has 0 saturated heterocycles. The molecule has 1 N–H and O–H groups in total. The highest BCUT2D eigenvalue weighted by Crippen LogP contribution is 2.35. The molecular formula is C19H18BrF3N4O. The minimum Gasteiger partial charge on any atom is -0.348 e. The average molecular weight is 455 g/mol. The standard InChI is InChI=1S/C19H18BrF3N4O/c1-12(14-6-5-7-15(10-14)26-8-3-4-9-26)24-16(28)11-27-13(2)17(20)18(25-27)19(21,22)23/h3-10,12H,11H2,1-2H3,(H,24,28). The lowest BCUT2D eigenvalue weighted by Gasteiger charge is -2.16. The van der Waals surface area contributed by atoms with Crippen LogP contribution in [-0.4, -0.2) is 20.3 Å². The van der Waals surface area contributed by atoms with Crippen LogP contribution in [0.2, 0.25) is 0 Å². The van der Waals surface area contributed by atoms with Crippen LogP contribution in [0.5, 0.6) is 0 Å². The number of amides is 1. The van der Waals surface area contributed by atoms with Crippen molar-refractivity contribution in [1.82, 2.24) is 19.7 Å². The number of hydrogen-bond donors (Lipinski definition) is 1. The number of halogens is 4. The zero-order chi connectivity index (χ0) is 20.5. The van der Waals surface area contributed by atoms with Crippen LogP contribution >= 0.6 is 15.9 Å². The molecule has 1 atom stereocenters. The fraction of sp³-hybridized carbons (Fsp3) is 0.263. The van der Waals surface area contributed by atoms with Gasteiger partial charge in [0.25, 0.3) is 0 Å². The Bertz CT molecular complexity index is 980. The van der Waals surface area contributed by atoms with Crippen molar-refractivity contribution in [3.8, 4) is 5.69 Å². The van der Waals surface area contributed by atoms with Crippen LogP contribution in [-0.2, 0) is 17.5 Å². The second-order valence-corrected chi connectivity index (χ2v) is 7.17. The van der Waals surface area contributed by atoms with Crippen LogP contribution in [0.15, 0.2) is 53.3 Å². The molecule has 0 bridgehead atoms. The summed E-state index contributed by atoms with van der Waals surface area (Å²) >= 11 is 2.90. The Balaban J connectivity index is 1.71. The van der Waals surface area contributed by atoms with Crippen molar-refractivity contribution in [3.05, 3.63) is 70.2 Å². The van der Waals surface area contributed by atoms with Gasteiger partial charge in [0.1, 0.15) is 6.54 Å². The van der Waals surface area contributed by atoms with E-state index in [1.807, 2.05) is 60.3 Å². The third-order valence-corrected chi connectivity index (χ3v) is 5.30. The predicted octanol–water partition coefficient (Wildman–Crippen LogP) is 4.64. The van der Waals surface area contributed by atoms with Crippen LogP contribution < -0.4 is 5.32 Å². The Kier molecular flexibility index (Phi) is 5.64. The van der Waals surface area contributed by atoms with Crippen LogP contribution in [0.4, 0.5) is 13.2 Å². The van der Waals surface area contributed by atoms with E-state index in [-0.39, 0.29) is 22.8 Å². The quantitative estimate of drug-likeness (QED) is 0.610. The van der Waals surface area contributed by atoms with E-state index in [4.69, 9.17) is 0 Å². The summed E-state index contributed by atoms with van der Waals surface area (Å²) in [5, 5.41) is 6.34. The summed E-state index contributed by atoms with van der Waals surface area (Å²) in [5.74, 6) is -0.425. The van der Waals surface area contributed by atoms with E-state index in [9.17, 15) is 18.0 Å². The SMILES string of the molecule is Cc1c(Br)c(C(F)(F)F)nn1CC(=O)NC(C)c1cccc(-n2cccc2)c1. The Morgan fingerprint density at radius 2 is 1.93 bits per heavy atom. The van der Waals surface area contributed by atoms with Gasteiger partial charge < -0.3 is 9.88 Å². The number of rotatable bonds is 5. The normalized spacial score (nSPS) is 12.8. The molecule has 0 aliphatic rings. The number of benzene rings is 1. The molecule has 2 heterocycles. The Labute approximate surface area is 168 Å². The van der Waals surface area contributed by atoms with Crippen molar-refractivity contribution in [2.75, 3.05) is 0 Å². The van der Waals surface area contributed by atoms with Gasteiger partial charge in [-0.1, -0.05) is 12.1 Å². The summed E-state index contributed by atoms with van der Waals surface area (Å²) in [6.07, 6.45) is -0.755. The second kappa shape index (κ2) is 7.83. The van der Waals surface area contributed by atoms with Gasteiger partial charge in [-0.25, -0.2) is 0 Å². The molecule has 5 nitrogen and oxygen atoms in total. The first-order valence-electron chi connectivity index (χ1n) is 8.49. The third-order valence-electron chi connectivity index (χ3n) is 4.35. The van der Waals surface area contributed by atoms with E-state index in [1.165, 1.54) is 6.92 Å². The molecule has 0 aliphatic carbocycles. The topological polar surface area (TPSA) is 51.9 Å². The van der Waals surface area contributed by atoms with Gasteiger partial charge in [0.2, 0.25) is 5.91 Å². The summed E-state index contributed by atoms with van der Waals surface area (Å²) in [7, 11) is 0. The lowest BCUT2D eigenvalue weighted by atomic mass is 10.1. The first-order chi connectivity index (χ1) is 13.2. The largest absolute Gasteiger partial charge is 0.436 e. The Hall–Kier alpha value is -2.55. The van der Waals surface area contributed by atoms with E-state index >= 15 is 0 Å². The van der Waals surface area contributed by atoms with E-state index < -0.39 is 17.8 Å². The fourth-order valence-corrected chi connectivity index (χ4v) is 3.34. The van der Waals surface area contributed by atoms with Crippen LogP contribution in [0.25, 0.3) is 5.69 Å². The molecule has 148 valence electrons. The van der Waals surface area contributed by atoms with Gasteiger partial charge in [0, 0.05) is 18.1 Å². The lowest BCUT2D eigenvalue weighted by Crippen LogP contribution is -2.31. The minimum atomic E-state index is -4.59. The molecule has 3 aromatic rings. The van der Waals surface area contributed by atoms with Gasteiger partial charge in [-0.05, 0) is 59.6 Å². The van der Waals surface area contributed by atoms with E-state index in [0.717, 1.165) is 15.9 Å². The van der Waals surface area contributed by atoms with Gasteiger partial charge in [0.05, 0.1) is 16.2 Å². The zero-order valence-corrected chi connectivity index (χ0v) is 16.8. The number of hydrogen-bond acceptors (Lipinski definition) is 2. The molecule has 0 aliphatic heterocycles. The minimum absolute atomic E-state index is 0.153. The highest BCUT2D eigenvalue weighted by atomic mass is 79.9. The van der Waals surface area contributed by atoms with Crippen LogP contribution in [0.3, 0.4) is 0 Å². The van der Waals surface area contributed by atoms with Crippen molar-refractivity contribution < 1.29 is 18.0 Å². The summed E-state index contributed by atoms with van der Waals surface area (Å²) in [5.41, 5.74) is 1.04. The van der Waals surface area contributed by atoms with Gasteiger partial charge in [-0.3, -0.25) is 9.48 Å². The monoisotopic (exact) mass is 454 g/mol. The van der Waals surface area contributed by atoms with Crippen molar-refractivity contribution in [1.29, 1.82) is 0 Å². The predicted molar refractivity (Wildman–Crippen MR) is 102 cm³/mol.